The summed E-state index contributed by atoms with van der Waals surface area (Å²) in [5.74, 6) is 0.424. The molecule has 2 atom stereocenters. The van der Waals surface area contributed by atoms with E-state index in [0.717, 1.165) is 25.4 Å². The molecule has 1 aliphatic heterocycles. The van der Waals surface area contributed by atoms with Gasteiger partial charge in [-0.1, -0.05) is 12.8 Å². The maximum absolute atomic E-state index is 9.96. The second-order valence-electron chi connectivity index (χ2n) is 5.56. The summed E-state index contributed by atoms with van der Waals surface area (Å²) in [6, 6.07) is 0. The Morgan fingerprint density at radius 2 is 1.94 bits per heavy atom. The molecule has 98 valence electrons. The fraction of sp³-hybridized carbons (Fsp3) is 1.00. The largest absolute Gasteiger partial charge is 0.390 e. The molecule has 1 N–H and O–H groups in total. The fourth-order valence-electron chi connectivity index (χ4n) is 2.82. The molecule has 3 rings (SSSR count). The van der Waals surface area contributed by atoms with Gasteiger partial charge in [-0.3, -0.25) is 0 Å². The van der Waals surface area contributed by atoms with Crippen LogP contribution in [0.15, 0.2) is 0 Å². The van der Waals surface area contributed by atoms with Gasteiger partial charge in [0, 0.05) is 19.4 Å². The number of aliphatic hydroxyl groups excluding tert-OH is 1. The molecule has 0 aromatic heterocycles. The molecule has 0 amide bonds. The first kappa shape index (κ1) is 11.9. The van der Waals surface area contributed by atoms with Gasteiger partial charge in [0.1, 0.15) is 0 Å². The summed E-state index contributed by atoms with van der Waals surface area (Å²) < 4.78 is 17.2. The summed E-state index contributed by atoms with van der Waals surface area (Å²) in [5, 5.41) is 9.96. The van der Waals surface area contributed by atoms with Crippen LogP contribution in [-0.4, -0.2) is 42.9 Å². The lowest BCUT2D eigenvalue weighted by Crippen LogP contribution is -2.46. The maximum Gasteiger partial charge on any atom is 0.171 e. The molecule has 0 aromatic carbocycles. The van der Waals surface area contributed by atoms with Crippen molar-refractivity contribution in [1.82, 2.24) is 0 Å². The van der Waals surface area contributed by atoms with Crippen LogP contribution in [-0.2, 0) is 14.2 Å². The van der Waals surface area contributed by atoms with Gasteiger partial charge in [-0.25, -0.2) is 0 Å². The van der Waals surface area contributed by atoms with Crippen LogP contribution in [0, 0.1) is 5.92 Å². The summed E-state index contributed by atoms with van der Waals surface area (Å²) in [7, 11) is 0. The van der Waals surface area contributed by atoms with E-state index in [1.54, 1.807) is 0 Å². The Labute approximate surface area is 102 Å². The van der Waals surface area contributed by atoms with E-state index in [-0.39, 0.29) is 12.2 Å². The van der Waals surface area contributed by atoms with Crippen molar-refractivity contribution in [2.24, 2.45) is 5.92 Å². The molecule has 17 heavy (non-hydrogen) atoms. The first-order valence-electron chi connectivity index (χ1n) is 6.85. The number of ether oxygens (including phenoxy) is 3. The Morgan fingerprint density at radius 3 is 2.65 bits per heavy atom. The van der Waals surface area contributed by atoms with Crippen LogP contribution in [0.4, 0.5) is 0 Å². The topological polar surface area (TPSA) is 47.9 Å². The lowest BCUT2D eigenvalue weighted by Gasteiger charge is -2.38. The van der Waals surface area contributed by atoms with E-state index in [0.29, 0.717) is 26.1 Å². The van der Waals surface area contributed by atoms with Crippen LogP contribution in [0.3, 0.4) is 0 Å². The van der Waals surface area contributed by atoms with Gasteiger partial charge in [-0.15, -0.1) is 0 Å². The van der Waals surface area contributed by atoms with Gasteiger partial charge in [0.2, 0.25) is 0 Å². The number of hydrogen-bond acceptors (Lipinski definition) is 4. The summed E-state index contributed by atoms with van der Waals surface area (Å²) in [4.78, 5) is 0. The Kier molecular flexibility index (Phi) is 3.39. The third-order valence-electron chi connectivity index (χ3n) is 4.13. The van der Waals surface area contributed by atoms with Gasteiger partial charge in [0.05, 0.1) is 25.4 Å². The standard InChI is InChI=1S/C13H22O4/c14-11-3-5-13(16-7-8-17-13)9-12(11)15-6-4-10-1-2-10/h10-12,14H,1-9H2. The van der Waals surface area contributed by atoms with Crippen LogP contribution in [0.25, 0.3) is 0 Å². The summed E-state index contributed by atoms with van der Waals surface area (Å²) in [6.07, 6.45) is 5.56. The molecule has 3 fully saturated rings. The number of hydrogen-bond donors (Lipinski definition) is 1. The molecule has 1 heterocycles. The Hall–Kier alpha value is -0.160. The molecule has 2 saturated carbocycles. The summed E-state index contributed by atoms with van der Waals surface area (Å²) in [6.45, 7) is 2.11. The highest BCUT2D eigenvalue weighted by Crippen LogP contribution is 2.38. The van der Waals surface area contributed by atoms with E-state index in [1.165, 1.54) is 12.8 Å². The Bertz CT molecular complexity index is 258. The minimum absolute atomic E-state index is 0.111. The van der Waals surface area contributed by atoms with Crippen LogP contribution in [0.1, 0.15) is 38.5 Å². The minimum atomic E-state index is -0.455. The number of aliphatic hydroxyl groups is 1. The molecule has 1 saturated heterocycles. The molecular formula is C13H22O4. The second kappa shape index (κ2) is 4.84. The molecule has 0 bridgehead atoms. The SMILES string of the molecule is OC1CCC2(CC1OCCC1CC1)OCCO2. The minimum Gasteiger partial charge on any atom is -0.390 e. The van der Waals surface area contributed by atoms with Crippen LogP contribution < -0.4 is 0 Å². The fourth-order valence-corrected chi connectivity index (χ4v) is 2.82. The predicted molar refractivity (Wildman–Crippen MR) is 61.6 cm³/mol. The second-order valence-corrected chi connectivity index (χ2v) is 5.56. The van der Waals surface area contributed by atoms with E-state index in [9.17, 15) is 5.11 Å². The van der Waals surface area contributed by atoms with Crippen molar-refractivity contribution in [1.29, 1.82) is 0 Å². The quantitative estimate of drug-likeness (QED) is 0.811. The first-order chi connectivity index (χ1) is 8.27. The van der Waals surface area contributed by atoms with Gasteiger partial charge in [-0.05, 0) is 18.8 Å². The highest BCUT2D eigenvalue weighted by atomic mass is 16.7. The molecular weight excluding hydrogens is 220 g/mol. The Morgan fingerprint density at radius 1 is 1.18 bits per heavy atom. The van der Waals surface area contributed by atoms with E-state index in [2.05, 4.69) is 0 Å². The predicted octanol–water partition coefficient (Wildman–Crippen LogP) is 1.46. The van der Waals surface area contributed by atoms with Gasteiger partial charge < -0.3 is 19.3 Å². The van der Waals surface area contributed by atoms with E-state index in [1.807, 2.05) is 0 Å². The lowest BCUT2D eigenvalue weighted by atomic mass is 9.89. The van der Waals surface area contributed by atoms with E-state index < -0.39 is 5.79 Å². The average molecular weight is 242 g/mol. The molecule has 2 aliphatic carbocycles. The van der Waals surface area contributed by atoms with Crippen molar-refractivity contribution in [3.05, 3.63) is 0 Å². The van der Waals surface area contributed by atoms with E-state index >= 15 is 0 Å². The molecule has 4 heteroatoms. The molecule has 0 aromatic rings. The van der Waals surface area contributed by atoms with Crippen LogP contribution >= 0.6 is 0 Å². The van der Waals surface area contributed by atoms with Crippen molar-refractivity contribution in [2.45, 2.75) is 56.5 Å². The van der Waals surface area contributed by atoms with Gasteiger partial charge in [-0.2, -0.15) is 0 Å². The van der Waals surface area contributed by atoms with Crippen molar-refractivity contribution in [3.8, 4) is 0 Å². The number of rotatable bonds is 4. The zero-order valence-electron chi connectivity index (χ0n) is 10.3. The third kappa shape index (κ3) is 2.81. The molecule has 1 spiro atoms. The first-order valence-corrected chi connectivity index (χ1v) is 6.85. The zero-order chi connectivity index (χ0) is 11.7. The van der Waals surface area contributed by atoms with Crippen molar-refractivity contribution < 1.29 is 19.3 Å². The monoisotopic (exact) mass is 242 g/mol. The van der Waals surface area contributed by atoms with Gasteiger partial charge in [0.15, 0.2) is 5.79 Å². The summed E-state index contributed by atoms with van der Waals surface area (Å²) in [5.41, 5.74) is 0. The van der Waals surface area contributed by atoms with Crippen molar-refractivity contribution in [3.63, 3.8) is 0 Å². The average Bonchev–Trinajstić information content (AvgIpc) is 3.04. The Balaban J connectivity index is 1.49. The van der Waals surface area contributed by atoms with Crippen LogP contribution in [0.5, 0.6) is 0 Å². The smallest absolute Gasteiger partial charge is 0.171 e. The molecule has 4 nitrogen and oxygen atoms in total. The molecule has 0 radical (unpaired) electrons. The highest BCUT2D eigenvalue weighted by Gasteiger charge is 2.45. The van der Waals surface area contributed by atoms with E-state index in [4.69, 9.17) is 14.2 Å². The van der Waals surface area contributed by atoms with Crippen molar-refractivity contribution in [2.75, 3.05) is 19.8 Å². The molecule has 3 aliphatic rings. The van der Waals surface area contributed by atoms with Crippen LogP contribution in [0.2, 0.25) is 0 Å². The van der Waals surface area contributed by atoms with Gasteiger partial charge >= 0.3 is 0 Å². The van der Waals surface area contributed by atoms with Crippen molar-refractivity contribution >= 4 is 0 Å². The normalized spacial score (nSPS) is 36.5. The zero-order valence-corrected chi connectivity index (χ0v) is 10.3. The molecule has 2 unspecified atom stereocenters. The summed E-state index contributed by atoms with van der Waals surface area (Å²) >= 11 is 0. The highest BCUT2D eigenvalue weighted by molar-refractivity contribution is 4.89. The lowest BCUT2D eigenvalue weighted by molar-refractivity contribution is -0.221. The maximum atomic E-state index is 9.96. The third-order valence-corrected chi connectivity index (χ3v) is 4.13. The van der Waals surface area contributed by atoms with Gasteiger partial charge in [0.25, 0.3) is 0 Å².